The number of aromatic nitrogens is 4. The van der Waals surface area contributed by atoms with Crippen molar-refractivity contribution < 1.29 is 26.9 Å². The topological polar surface area (TPSA) is 85.8 Å². The summed E-state index contributed by atoms with van der Waals surface area (Å²) in [4.78, 5) is 19.6. The van der Waals surface area contributed by atoms with Gasteiger partial charge in [-0.2, -0.15) is 18.2 Å². The number of nitrogens with zero attached hydrogens (tertiary/aromatic N) is 4. The van der Waals surface area contributed by atoms with Crippen molar-refractivity contribution in [1.82, 2.24) is 25.0 Å². The molecule has 31 heavy (non-hydrogen) atoms. The molecule has 4 rings (SSSR count). The molecule has 2 aromatic heterocycles. The molecule has 4 aromatic rings. The van der Waals surface area contributed by atoms with E-state index in [2.05, 4.69) is 25.0 Å². The largest absolute Gasteiger partial charge is 0.471 e. The average Bonchev–Trinajstić information content (AvgIpc) is 3.42. The second-order valence-electron chi connectivity index (χ2n) is 6.40. The van der Waals surface area contributed by atoms with Crippen molar-refractivity contribution in [1.29, 1.82) is 0 Å². The van der Waals surface area contributed by atoms with Gasteiger partial charge in [0.15, 0.2) is 0 Å². The van der Waals surface area contributed by atoms with Crippen molar-refractivity contribution in [2.24, 2.45) is 0 Å². The lowest BCUT2D eigenvalue weighted by Crippen LogP contribution is -2.23. The van der Waals surface area contributed by atoms with E-state index in [4.69, 9.17) is 0 Å². The summed E-state index contributed by atoms with van der Waals surface area (Å²) in [6.45, 7) is 0.0847. The molecule has 0 aliphatic carbocycles. The maximum Gasteiger partial charge on any atom is 0.471 e. The molecule has 0 unspecified atom stereocenters. The van der Waals surface area contributed by atoms with E-state index in [0.29, 0.717) is 16.9 Å². The first-order valence-electron chi connectivity index (χ1n) is 8.88. The van der Waals surface area contributed by atoms with E-state index in [1.807, 2.05) is 0 Å². The van der Waals surface area contributed by atoms with E-state index in [1.54, 1.807) is 41.1 Å². The minimum absolute atomic E-state index is 0.0623. The Bertz CT molecular complexity index is 1210. The average molecular weight is 431 g/mol. The first kappa shape index (κ1) is 20.3. The molecule has 0 atom stereocenters. The summed E-state index contributed by atoms with van der Waals surface area (Å²) < 4.78 is 57.3. The van der Waals surface area contributed by atoms with Crippen molar-refractivity contribution in [3.8, 4) is 17.1 Å². The number of halogens is 4. The Labute approximate surface area is 172 Å². The molecule has 11 heteroatoms. The standard InChI is InChI=1S/C20H13F4N5O2/c21-16-4-2-1-3-15(16)18(30)25-9-13-10-29(11-26-13)14-7-5-12(6-8-14)17-27-19(31-28-17)20(22,23)24/h1-8,10-11H,9H2,(H,25,30). The third-order valence-electron chi connectivity index (χ3n) is 4.28. The highest BCUT2D eigenvalue weighted by Gasteiger charge is 2.38. The van der Waals surface area contributed by atoms with Crippen molar-refractivity contribution in [2.75, 3.05) is 0 Å². The maximum absolute atomic E-state index is 13.7. The monoisotopic (exact) mass is 431 g/mol. The number of carbonyl (C=O) groups excluding carboxylic acids is 1. The zero-order valence-electron chi connectivity index (χ0n) is 15.6. The van der Waals surface area contributed by atoms with E-state index in [9.17, 15) is 22.4 Å². The van der Waals surface area contributed by atoms with Gasteiger partial charge in [-0.15, -0.1) is 0 Å². The van der Waals surface area contributed by atoms with E-state index < -0.39 is 23.8 Å². The summed E-state index contributed by atoms with van der Waals surface area (Å²) >= 11 is 0. The van der Waals surface area contributed by atoms with Crippen LogP contribution in [0.4, 0.5) is 17.6 Å². The van der Waals surface area contributed by atoms with Crippen LogP contribution in [-0.2, 0) is 12.7 Å². The van der Waals surface area contributed by atoms with Gasteiger partial charge in [-0.25, -0.2) is 9.37 Å². The molecule has 0 aliphatic heterocycles. The Morgan fingerprint density at radius 2 is 1.84 bits per heavy atom. The van der Waals surface area contributed by atoms with Gasteiger partial charge in [0.05, 0.1) is 24.1 Å². The molecule has 2 aromatic carbocycles. The van der Waals surface area contributed by atoms with Crippen molar-refractivity contribution in [2.45, 2.75) is 12.7 Å². The van der Waals surface area contributed by atoms with Gasteiger partial charge in [0.1, 0.15) is 5.82 Å². The van der Waals surface area contributed by atoms with Crippen LogP contribution in [-0.4, -0.2) is 25.6 Å². The molecule has 0 saturated heterocycles. The number of carbonyl (C=O) groups is 1. The van der Waals surface area contributed by atoms with E-state index in [0.717, 1.165) is 0 Å². The lowest BCUT2D eigenvalue weighted by Gasteiger charge is -2.04. The predicted molar refractivity (Wildman–Crippen MR) is 99.4 cm³/mol. The Morgan fingerprint density at radius 1 is 1.10 bits per heavy atom. The molecule has 2 heterocycles. The fraction of sp³-hybridized carbons (Fsp3) is 0.100. The highest BCUT2D eigenvalue weighted by atomic mass is 19.4. The smallest absolute Gasteiger partial charge is 0.346 e. The summed E-state index contributed by atoms with van der Waals surface area (Å²) in [5.41, 5.74) is 1.48. The van der Waals surface area contributed by atoms with Gasteiger partial charge in [0.25, 0.3) is 5.91 Å². The molecule has 0 aliphatic rings. The Morgan fingerprint density at radius 3 is 2.52 bits per heavy atom. The summed E-state index contributed by atoms with van der Waals surface area (Å²) in [7, 11) is 0. The Kier molecular flexibility index (Phi) is 5.24. The Balaban J connectivity index is 1.42. The quantitative estimate of drug-likeness (QED) is 0.483. The number of amides is 1. The zero-order valence-corrected chi connectivity index (χ0v) is 15.6. The van der Waals surface area contributed by atoms with Gasteiger partial charge >= 0.3 is 12.1 Å². The first-order chi connectivity index (χ1) is 14.8. The lowest BCUT2D eigenvalue weighted by molar-refractivity contribution is -0.159. The van der Waals surface area contributed by atoms with Crippen LogP contribution in [0.25, 0.3) is 17.1 Å². The molecule has 1 N–H and O–H groups in total. The number of nitrogens with one attached hydrogen (secondary N) is 1. The fourth-order valence-electron chi connectivity index (χ4n) is 2.75. The molecule has 158 valence electrons. The van der Waals surface area contributed by atoms with E-state index >= 15 is 0 Å². The molecule has 0 radical (unpaired) electrons. The minimum atomic E-state index is -4.71. The van der Waals surface area contributed by atoms with Gasteiger partial charge in [0, 0.05) is 17.4 Å². The van der Waals surface area contributed by atoms with Crippen LogP contribution in [0.1, 0.15) is 21.9 Å². The third kappa shape index (κ3) is 4.44. The van der Waals surface area contributed by atoms with Crippen molar-refractivity contribution >= 4 is 5.91 Å². The summed E-state index contributed by atoms with van der Waals surface area (Å²) in [6.07, 6.45) is -1.54. The summed E-state index contributed by atoms with van der Waals surface area (Å²) in [5.74, 6) is -2.77. The van der Waals surface area contributed by atoms with E-state index in [-0.39, 0.29) is 17.9 Å². The Hall–Kier alpha value is -4.02. The second-order valence-corrected chi connectivity index (χ2v) is 6.40. The molecule has 0 bridgehead atoms. The molecule has 7 nitrogen and oxygen atoms in total. The number of hydrogen-bond donors (Lipinski definition) is 1. The second kappa shape index (κ2) is 8.01. The number of hydrogen-bond acceptors (Lipinski definition) is 5. The van der Waals surface area contributed by atoms with Crippen LogP contribution in [0.5, 0.6) is 0 Å². The molecule has 0 saturated carbocycles. The molecule has 0 spiro atoms. The fourth-order valence-corrected chi connectivity index (χ4v) is 2.75. The van der Waals surface area contributed by atoms with Crippen LogP contribution in [0.3, 0.4) is 0 Å². The third-order valence-corrected chi connectivity index (χ3v) is 4.28. The summed E-state index contributed by atoms with van der Waals surface area (Å²) in [5, 5.41) is 5.93. The molecular weight excluding hydrogens is 418 g/mol. The maximum atomic E-state index is 13.7. The molecule has 0 fully saturated rings. The molecule has 1 amide bonds. The first-order valence-corrected chi connectivity index (χ1v) is 8.88. The van der Waals surface area contributed by atoms with Crippen LogP contribution in [0.15, 0.2) is 65.6 Å². The number of rotatable bonds is 5. The number of imidazole rings is 1. The van der Waals surface area contributed by atoms with E-state index in [1.165, 1.54) is 24.5 Å². The van der Waals surface area contributed by atoms with Crippen LogP contribution in [0.2, 0.25) is 0 Å². The van der Waals surface area contributed by atoms with Gasteiger partial charge in [0.2, 0.25) is 5.82 Å². The van der Waals surface area contributed by atoms with Gasteiger partial charge < -0.3 is 14.4 Å². The lowest BCUT2D eigenvalue weighted by atomic mass is 10.2. The van der Waals surface area contributed by atoms with Gasteiger partial charge in [-0.3, -0.25) is 4.79 Å². The zero-order chi connectivity index (χ0) is 22.0. The van der Waals surface area contributed by atoms with Crippen molar-refractivity contribution in [3.63, 3.8) is 0 Å². The van der Waals surface area contributed by atoms with Crippen LogP contribution in [0, 0.1) is 5.82 Å². The SMILES string of the molecule is O=C(NCc1cn(-c2ccc(-c3noc(C(F)(F)F)n3)cc2)cn1)c1ccccc1F. The highest BCUT2D eigenvalue weighted by Crippen LogP contribution is 2.29. The number of benzene rings is 2. The van der Waals surface area contributed by atoms with Crippen LogP contribution >= 0.6 is 0 Å². The normalized spacial score (nSPS) is 11.5. The van der Waals surface area contributed by atoms with Gasteiger partial charge in [-0.1, -0.05) is 17.3 Å². The van der Waals surface area contributed by atoms with Gasteiger partial charge in [-0.05, 0) is 36.4 Å². The summed E-state index contributed by atoms with van der Waals surface area (Å²) in [6, 6.07) is 12.0. The number of alkyl halides is 3. The van der Waals surface area contributed by atoms with Crippen LogP contribution < -0.4 is 5.32 Å². The van der Waals surface area contributed by atoms with Crippen molar-refractivity contribution in [3.05, 3.63) is 84.0 Å². The predicted octanol–water partition coefficient (Wildman–Crippen LogP) is 4.01. The highest BCUT2D eigenvalue weighted by molar-refractivity contribution is 5.94. The minimum Gasteiger partial charge on any atom is -0.346 e. The molecular formula is C20H13F4N5O2.